The molecule has 1 saturated heterocycles. The lowest BCUT2D eigenvalue weighted by Gasteiger charge is -2.54. The van der Waals surface area contributed by atoms with Crippen LogP contribution in [0.3, 0.4) is 0 Å². The number of carbonyl (C=O) groups is 2. The summed E-state index contributed by atoms with van der Waals surface area (Å²) in [4.78, 5) is 27.4. The minimum absolute atomic E-state index is 0.0675. The largest absolute Gasteiger partial charge is 0.490 e. The summed E-state index contributed by atoms with van der Waals surface area (Å²) in [7, 11) is 0. The summed E-state index contributed by atoms with van der Waals surface area (Å²) in [5.41, 5.74) is 2.03. The summed E-state index contributed by atoms with van der Waals surface area (Å²) < 4.78 is 5.49. The third-order valence-electron chi connectivity index (χ3n) is 7.00. The first-order chi connectivity index (χ1) is 15.6. The lowest BCUT2D eigenvalue weighted by atomic mass is 9.59. The molecule has 4 rings (SSSR count). The Hall–Kier alpha value is -3.08. The number of amides is 2. The van der Waals surface area contributed by atoms with Gasteiger partial charge < -0.3 is 15.0 Å². The molecule has 2 aliphatic rings. The molecule has 5 heteroatoms. The Labute approximate surface area is 190 Å². The number of piperidine rings is 1. The quantitative estimate of drug-likeness (QED) is 0.630. The molecule has 168 valence electrons. The minimum atomic E-state index is 0.0675. The van der Waals surface area contributed by atoms with Crippen LogP contribution in [0.1, 0.15) is 48.0 Å². The molecule has 1 aliphatic carbocycles. The molecule has 2 aromatic carbocycles. The van der Waals surface area contributed by atoms with Crippen molar-refractivity contribution in [3.05, 3.63) is 78.4 Å². The van der Waals surface area contributed by atoms with Crippen molar-refractivity contribution in [3.63, 3.8) is 0 Å². The van der Waals surface area contributed by atoms with E-state index in [2.05, 4.69) is 24.0 Å². The van der Waals surface area contributed by atoms with Gasteiger partial charge in [0.15, 0.2) is 0 Å². The molecular formula is C27H32N2O3. The molecule has 2 fully saturated rings. The third kappa shape index (κ3) is 5.04. The summed E-state index contributed by atoms with van der Waals surface area (Å²) in [6.45, 7) is 5.57. The van der Waals surface area contributed by atoms with Crippen molar-refractivity contribution < 1.29 is 14.3 Å². The number of aryl methyl sites for hydroxylation is 1. The van der Waals surface area contributed by atoms with Gasteiger partial charge in [0.2, 0.25) is 5.91 Å². The highest BCUT2D eigenvalue weighted by atomic mass is 16.5. The number of carbonyl (C=O) groups excluding carboxylic acids is 2. The molecule has 1 N–H and O–H groups in total. The van der Waals surface area contributed by atoms with Crippen molar-refractivity contribution in [3.8, 4) is 5.75 Å². The Morgan fingerprint density at radius 1 is 1.06 bits per heavy atom. The van der Waals surface area contributed by atoms with Crippen molar-refractivity contribution in [1.82, 2.24) is 10.2 Å². The van der Waals surface area contributed by atoms with Crippen LogP contribution in [0.15, 0.2) is 67.3 Å². The van der Waals surface area contributed by atoms with Crippen molar-refractivity contribution in [1.29, 1.82) is 0 Å². The lowest BCUT2D eigenvalue weighted by molar-refractivity contribution is -0.125. The van der Waals surface area contributed by atoms with Gasteiger partial charge in [0.25, 0.3) is 5.91 Å². The zero-order valence-corrected chi connectivity index (χ0v) is 18.6. The fraction of sp³-hybridized carbons (Fsp3) is 0.407. The van der Waals surface area contributed by atoms with E-state index in [4.69, 9.17) is 4.74 Å². The maximum Gasteiger partial charge on any atom is 0.253 e. The molecule has 5 nitrogen and oxygen atoms in total. The first kappa shape index (κ1) is 22.1. The Kier molecular flexibility index (Phi) is 6.93. The van der Waals surface area contributed by atoms with Crippen LogP contribution in [0.4, 0.5) is 0 Å². The fourth-order valence-electron chi connectivity index (χ4n) is 4.88. The predicted octanol–water partition coefficient (Wildman–Crippen LogP) is 4.39. The SMILES string of the molecule is C=CCOc1ccc(C(=O)N2CCC3(CCC3NC(=O)CCc3ccccc3)CC2)cc1. The van der Waals surface area contributed by atoms with Crippen LogP contribution < -0.4 is 10.1 Å². The third-order valence-corrected chi connectivity index (χ3v) is 7.00. The van der Waals surface area contributed by atoms with E-state index in [1.54, 1.807) is 6.08 Å². The molecule has 0 aromatic heterocycles. The van der Waals surface area contributed by atoms with Crippen LogP contribution in [-0.4, -0.2) is 42.5 Å². The lowest BCUT2D eigenvalue weighted by Crippen LogP contribution is -2.59. The number of nitrogens with zero attached hydrogens (tertiary/aromatic N) is 1. The second-order valence-electron chi connectivity index (χ2n) is 8.92. The minimum Gasteiger partial charge on any atom is -0.490 e. The van der Waals surface area contributed by atoms with Crippen LogP contribution in [0.2, 0.25) is 0 Å². The van der Waals surface area contributed by atoms with Gasteiger partial charge in [0.05, 0.1) is 0 Å². The molecule has 1 aliphatic heterocycles. The average molecular weight is 433 g/mol. The van der Waals surface area contributed by atoms with Gasteiger partial charge >= 0.3 is 0 Å². The van der Waals surface area contributed by atoms with E-state index in [0.29, 0.717) is 18.6 Å². The normalized spacial score (nSPS) is 19.1. The number of likely N-dealkylation sites (tertiary alicyclic amines) is 1. The number of hydrogen-bond donors (Lipinski definition) is 1. The van der Waals surface area contributed by atoms with Gasteiger partial charge in [-0.2, -0.15) is 0 Å². The number of benzene rings is 2. The molecule has 2 amide bonds. The second kappa shape index (κ2) is 10.0. The topological polar surface area (TPSA) is 58.6 Å². The van der Waals surface area contributed by atoms with Gasteiger partial charge in [-0.05, 0) is 67.3 Å². The highest BCUT2D eigenvalue weighted by Gasteiger charge is 2.49. The molecular weight excluding hydrogens is 400 g/mol. The van der Waals surface area contributed by atoms with Crippen LogP contribution in [0, 0.1) is 5.41 Å². The standard InChI is InChI=1S/C27H32N2O3/c1-2-20-32-23-11-9-22(10-12-23)26(31)29-18-16-27(17-19-29)15-14-24(27)28-25(30)13-8-21-6-4-3-5-7-21/h2-7,9-12,24H,1,8,13-20H2,(H,28,30). The maximum atomic E-state index is 12.9. The Bertz CT molecular complexity index is 931. The molecule has 1 spiro atoms. The monoisotopic (exact) mass is 432 g/mol. The van der Waals surface area contributed by atoms with Crippen LogP contribution >= 0.6 is 0 Å². The molecule has 1 unspecified atom stereocenters. The van der Waals surface area contributed by atoms with E-state index in [0.717, 1.165) is 50.9 Å². The van der Waals surface area contributed by atoms with Gasteiger partial charge in [-0.3, -0.25) is 9.59 Å². The van der Waals surface area contributed by atoms with Gasteiger partial charge in [-0.25, -0.2) is 0 Å². The smallest absolute Gasteiger partial charge is 0.253 e. The maximum absolute atomic E-state index is 12.9. The number of rotatable bonds is 8. The van der Waals surface area contributed by atoms with Crippen molar-refractivity contribution in [2.24, 2.45) is 5.41 Å². The summed E-state index contributed by atoms with van der Waals surface area (Å²) in [5, 5.41) is 3.28. The summed E-state index contributed by atoms with van der Waals surface area (Å²) in [6.07, 6.45) is 7.05. The highest BCUT2D eigenvalue weighted by Crippen LogP contribution is 2.49. The fourth-order valence-corrected chi connectivity index (χ4v) is 4.88. The predicted molar refractivity (Wildman–Crippen MR) is 126 cm³/mol. The molecule has 2 aromatic rings. The molecule has 1 heterocycles. The summed E-state index contributed by atoms with van der Waals surface area (Å²) in [6, 6.07) is 17.7. The van der Waals surface area contributed by atoms with E-state index in [1.807, 2.05) is 47.4 Å². The van der Waals surface area contributed by atoms with Crippen LogP contribution in [-0.2, 0) is 11.2 Å². The van der Waals surface area contributed by atoms with E-state index < -0.39 is 0 Å². The summed E-state index contributed by atoms with van der Waals surface area (Å²) >= 11 is 0. The van der Waals surface area contributed by atoms with Gasteiger partial charge in [-0.15, -0.1) is 0 Å². The van der Waals surface area contributed by atoms with Crippen molar-refractivity contribution in [2.45, 2.75) is 44.6 Å². The zero-order valence-electron chi connectivity index (χ0n) is 18.6. The second-order valence-corrected chi connectivity index (χ2v) is 8.92. The zero-order chi connectivity index (χ0) is 22.4. The number of nitrogens with one attached hydrogen (secondary N) is 1. The number of hydrogen-bond acceptors (Lipinski definition) is 3. The van der Waals surface area contributed by atoms with Crippen molar-refractivity contribution >= 4 is 11.8 Å². The first-order valence-corrected chi connectivity index (χ1v) is 11.6. The number of ether oxygens (including phenoxy) is 1. The Morgan fingerprint density at radius 3 is 2.41 bits per heavy atom. The molecule has 1 saturated carbocycles. The molecule has 0 radical (unpaired) electrons. The van der Waals surface area contributed by atoms with Gasteiger partial charge in [0.1, 0.15) is 12.4 Å². The summed E-state index contributed by atoms with van der Waals surface area (Å²) in [5.74, 6) is 0.937. The Morgan fingerprint density at radius 2 is 1.78 bits per heavy atom. The van der Waals surface area contributed by atoms with Gasteiger partial charge in [0, 0.05) is 31.1 Å². The molecule has 32 heavy (non-hydrogen) atoms. The molecule has 0 bridgehead atoms. The first-order valence-electron chi connectivity index (χ1n) is 11.6. The van der Waals surface area contributed by atoms with Gasteiger partial charge in [-0.1, -0.05) is 43.0 Å². The molecule has 1 atom stereocenters. The Balaban J connectivity index is 1.25. The van der Waals surface area contributed by atoms with E-state index in [-0.39, 0.29) is 23.3 Å². The van der Waals surface area contributed by atoms with Crippen LogP contribution in [0.25, 0.3) is 0 Å². The van der Waals surface area contributed by atoms with E-state index >= 15 is 0 Å². The van der Waals surface area contributed by atoms with E-state index in [9.17, 15) is 9.59 Å². The van der Waals surface area contributed by atoms with Crippen LogP contribution in [0.5, 0.6) is 5.75 Å². The average Bonchev–Trinajstić information content (AvgIpc) is 2.84. The van der Waals surface area contributed by atoms with E-state index in [1.165, 1.54) is 5.56 Å². The highest BCUT2D eigenvalue weighted by molar-refractivity contribution is 5.94. The van der Waals surface area contributed by atoms with Crippen molar-refractivity contribution in [2.75, 3.05) is 19.7 Å².